The van der Waals surface area contributed by atoms with Crippen molar-refractivity contribution in [1.29, 1.82) is 5.26 Å². The molecule has 0 radical (unpaired) electrons. The third-order valence-electron chi connectivity index (χ3n) is 3.54. The molecule has 1 aromatic rings. The largest absolute Gasteiger partial charge is 0.304 e. The average Bonchev–Trinajstić information content (AvgIpc) is 2.82. The van der Waals surface area contributed by atoms with E-state index in [2.05, 4.69) is 47.4 Å². The second-order valence-electron chi connectivity index (χ2n) is 4.93. The molecule has 1 saturated heterocycles. The molecular formula is C13H19N3S. The van der Waals surface area contributed by atoms with E-state index in [1.54, 1.807) is 11.3 Å². The third kappa shape index (κ3) is 2.86. The molecule has 1 fully saturated rings. The van der Waals surface area contributed by atoms with Crippen molar-refractivity contribution < 1.29 is 0 Å². The van der Waals surface area contributed by atoms with E-state index in [9.17, 15) is 5.26 Å². The maximum Gasteiger partial charge on any atom is 0.111 e. The van der Waals surface area contributed by atoms with E-state index >= 15 is 0 Å². The van der Waals surface area contributed by atoms with Crippen LogP contribution in [0.3, 0.4) is 0 Å². The van der Waals surface area contributed by atoms with Gasteiger partial charge in [-0.15, -0.1) is 11.3 Å². The van der Waals surface area contributed by atoms with Crippen molar-refractivity contribution in [2.45, 2.75) is 18.9 Å². The van der Waals surface area contributed by atoms with Gasteiger partial charge in [-0.05, 0) is 25.4 Å². The standard InChI is InChI=1S/C13H19N3S/c1-13(11-14,10-12-4-3-9-17-12)16-7-5-15(2)6-8-16/h3-4,9H,5-8,10H2,1-2H3. The van der Waals surface area contributed by atoms with E-state index in [0.717, 1.165) is 32.6 Å². The summed E-state index contributed by atoms with van der Waals surface area (Å²) in [6.45, 7) is 6.17. The summed E-state index contributed by atoms with van der Waals surface area (Å²) < 4.78 is 0. The number of thiophene rings is 1. The van der Waals surface area contributed by atoms with Crippen LogP contribution in [0.25, 0.3) is 0 Å². The second kappa shape index (κ2) is 5.18. The number of hydrogen-bond acceptors (Lipinski definition) is 4. The Kier molecular flexibility index (Phi) is 3.82. The van der Waals surface area contributed by atoms with Gasteiger partial charge in [-0.2, -0.15) is 5.26 Å². The zero-order valence-corrected chi connectivity index (χ0v) is 11.3. The van der Waals surface area contributed by atoms with Gasteiger partial charge in [0.25, 0.3) is 0 Å². The molecule has 17 heavy (non-hydrogen) atoms. The molecule has 1 unspecified atom stereocenters. The number of piperazine rings is 1. The highest BCUT2D eigenvalue weighted by atomic mass is 32.1. The third-order valence-corrected chi connectivity index (χ3v) is 4.42. The summed E-state index contributed by atoms with van der Waals surface area (Å²) in [4.78, 5) is 5.94. The van der Waals surface area contributed by atoms with Gasteiger partial charge < -0.3 is 4.90 Å². The van der Waals surface area contributed by atoms with Crippen molar-refractivity contribution in [2.75, 3.05) is 33.2 Å². The van der Waals surface area contributed by atoms with Crippen LogP contribution in [0.5, 0.6) is 0 Å². The molecular weight excluding hydrogens is 230 g/mol. The maximum absolute atomic E-state index is 9.50. The first kappa shape index (κ1) is 12.6. The van der Waals surface area contributed by atoms with Crippen LogP contribution in [-0.4, -0.2) is 48.6 Å². The Labute approximate surface area is 107 Å². The first-order valence-corrected chi connectivity index (χ1v) is 6.89. The first-order valence-electron chi connectivity index (χ1n) is 6.01. The minimum Gasteiger partial charge on any atom is -0.304 e. The summed E-state index contributed by atoms with van der Waals surface area (Å²) >= 11 is 1.74. The Morgan fingerprint density at radius 3 is 2.65 bits per heavy atom. The zero-order chi connectivity index (χ0) is 12.3. The van der Waals surface area contributed by atoms with Crippen LogP contribution < -0.4 is 0 Å². The molecule has 1 aliphatic heterocycles. The van der Waals surface area contributed by atoms with Gasteiger partial charge >= 0.3 is 0 Å². The first-order chi connectivity index (χ1) is 8.14. The van der Waals surface area contributed by atoms with E-state index in [0.29, 0.717) is 0 Å². The van der Waals surface area contributed by atoms with E-state index in [1.807, 2.05) is 0 Å². The topological polar surface area (TPSA) is 30.3 Å². The van der Waals surface area contributed by atoms with Crippen LogP contribution >= 0.6 is 11.3 Å². The summed E-state index contributed by atoms with van der Waals surface area (Å²) in [6, 6.07) is 6.69. The van der Waals surface area contributed by atoms with Crippen molar-refractivity contribution in [2.24, 2.45) is 0 Å². The minimum absolute atomic E-state index is 0.355. The second-order valence-corrected chi connectivity index (χ2v) is 5.96. The van der Waals surface area contributed by atoms with Crippen LogP contribution in [0.1, 0.15) is 11.8 Å². The van der Waals surface area contributed by atoms with Crippen molar-refractivity contribution in [3.63, 3.8) is 0 Å². The molecule has 0 saturated carbocycles. The Hall–Kier alpha value is -0.890. The van der Waals surface area contributed by atoms with Gasteiger partial charge in [-0.3, -0.25) is 4.90 Å². The van der Waals surface area contributed by atoms with Gasteiger partial charge in [0.05, 0.1) is 6.07 Å². The van der Waals surface area contributed by atoms with E-state index < -0.39 is 0 Å². The fraction of sp³-hybridized carbons (Fsp3) is 0.615. The van der Waals surface area contributed by atoms with E-state index in [1.165, 1.54) is 4.88 Å². The number of nitrogens with zero attached hydrogens (tertiary/aromatic N) is 3. The SMILES string of the molecule is CN1CCN(C(C)(C#N)Cc2cccs2)CC1. The van der Waals surface area contributed by atoms with Crippen LogP contribution in [0.15, 0.2) is 17.5 Å². The monoisotopic (exact) mass is 249 g/mol. The van der Waals surface area contributed by atoms with Gasteiger partial charge in [0.1, 0.15) is 5.54 Å². The molecule has 0 spiro atoms. The number of nitriles is 1. The summed E-state index contributed by atoms with van der Waals surface area (Å²) in [5.41, 5.74) is -0.355. The van der Waals surface area contributed by atoms with Crippen LogP contribution in [0.2, 0.25) is 0 Å². The summed E-state index contributed by atoms with van der Waals surface area (Å²) in [5.74, 6) is 0. The van der Waals surface area contributed by atoms with E-state index in [-0.39, 0.29) is 5.54 Å². The Morgan fingerprint density at radius 2 is 2.12 bits per heavy atom. The Bertz CT molecular complexity index is 387. The van der Waals surface area contributed by atoms with Gasteiger partial charge in [-0.25, -0.2) is 0 Å². The fourth-order valence-electron chi connectivity index (χ4n) is 2.27. The Balaban J connectivity index is 2.06. The lowest BCUT2D eigenvalue weighted by atomic mass is 9.95. The molecule has 4 heteroatoms. The fourth-order valence-corrected chi connectivity index (χ4v) is 3.13. The molecule has 2 heterocycles. The molecule has 1 aromatic heterocycles. The smallest absolute Gasteiger partial charge is 0.111 e. The lowest BCUT2D eigenvalue weighted by Crippen LogP contribution is -2.55. The molecule has 3 nitrogen and oxygen atoms in total. The van der Waals surface area contributed by atoms with Gasteiger partial charge in [0, 0.05) is 37.5 Å². The van der Waals surface area contributed by atoms with Gasteiger partial charge in [0.15, 0.2) is 0 Å². The highest BCUT2D eigenvalue weighted by Gasteiger charge is 2.34. The molecule has 0 bridgehead atoms. The van der Waals surface area contributed by atoms with Crippen molar-refractivity contribution in [1.82, 2.24) is 9.80 Å². The summed E-state index contributed by atoms with van der Waals surface area (Å²) in [6.07, 6.45) is 0.838. The highest BCUT2D eigenvalue weighted by Crippen LogP contribution is 2.24. The minimum atomic E-state index is -0.355. The molecule has 2 rings (SSSR count). The van der Waals surface area contributed by atoms with Crippen LogP contribution in [0, 0.1) is 11.3 Å². The van der Waals surface area contributed by atoms with Crippen LogP contribution in [-0.2, 0) is 6.42 Å². The number of likely N-dealkylation sites (N-methyl/N-ethyl adjacent to an activating group) is 1. The molecule has 0 aliphatic carbocycles. The lowest BCUT2D eigenvalue weighted by molar-refractivity contribution is 0.0840. The van der Waals surface area contributed by atoms with E-state index in [4.69, 9.17) is 0 Å². The van der Waals surface area contributed by atoms with Gasteiger partial charge in [0.2, 0.25) is 0 Å². The molecule has 0 amide bonds. The summed E-state index contributed by atoms with van der Waals surface area (Å²) in [7, 11) is 2.14. The highest BCUT2D eigenvalue weighted by molar-refractivity contribution is 7.09. The zero-order valence-electron chi connectivity index (χ0n) is 10.5. The predicted molar refractivity (Wildman–Crippen MR) is 71.1 cm³/mol. The quantitative estimate of drug-likeness (QED) is 0.818. The van der Waals surface area contributed by atoms with Crippen LogP contribution in [0.4, 0.5) is 0 Å². The molecule has 0 aromatic carbocycles. The molecule has 0 N–H and O–H groups in total. The maximum atomic E-state index is 9.50. The molecule has 1 aliphatic rings. The summed E-state index contributed by atoms with van der Waals surface area (Å²) in [5, 5.41) is 11.6. The van der Waals surface area contributed by atoms with Crippen molar-refractivity contribution in [3.05, 3.63) is 22.4 Å². The number of hydrogen-bond donors (Lipinski definition) is 0. The lowest BCUT2D eigenvalue weighted by Gasteiger charge is -2.41. The molecule has 92 valence electrons. The molecule has 1 atom stereocenters. The number of rotatable bonds is 3. The average molecular weight is 249 g/mol. The predicted octanol–water partition coefficient (Wildman–Crippen LogP) is 1.82. The van der Waals surface area contributed by atoms with Crippen molar-refractivity contribution >= 4 is 11.3 Å². The Morgan fingerprint density at radius 1 is 1.41 bits per heavy atom. The van der Waals surface area contributed by atoms with Gasteiger partial charge in [-0.1, -0.05) is 6.07 Å². The van der Waals surface area contributed by atoms with Crippen molar-refractivity contribution in [3.8, 4) is 6.07 Å². The normalized spacial score (nSPS) is 21.9.